The molecule has 1 heterocycles. The Morgan fingerprint density at radius 1 is 1.38 bits per heavy atom. The van der Waals surface area contributed by atoms with Crippen molar-refractivity contribution in [2.75, 3.05) is 5.73 Å². The van der Waals surface area contributed by atoms with E-state index in [0.717, 1.165) is 12.1 Å². The highest BCUT2D eigenvalue weighted by Crippen LogP contribution is 2.25. The number of aliphatic imine (C=N–C) groups is 1. The summed E-state index contributed by atoms with van der Waals surface area (Å²) < 4.78 is 0. The van der Waals surface area contributed by atoms with Crippen molar-refractivity contribution in [1.29, 1.82) is 0 Å². The molecule has 2 heteroatoms. The highest BCUT2D eigenvalue weighted by molar-refractivity contribution is 5.85. The van der Waals surface area contributed by atoms with Gasteiger partial charge in [0.25, 0.3) is 0 Å². The molecule has 2 rings (SSSR count). The zero-order valence-corrected chi connectivity index (χ0v) is 7.62. The molecule has 0 saturated carbocycles. The number of benzene rings is 1. The van der Waals surface area contributed by atoms with E-state index in [4.69, 9.17) is 5.73 Å². The monoisotopic (exact) mass is 172 g/mol. The van der Waals surface area contributed by atoms with Crippen LogP contribution in [-0.4, -0.2) is 6.21 Å². The van der Waals surface area contributed by atoms with Gasteiger partial charge in [0.15, 0.2) is 0 Å². The van der Waals surface area contributed by atoms with Crippen LogP contribution in [0.1, 0.15) is 17.5 Å². The maximum absolute atomic E-state index is 5.68. The van der Waals surface area contributed by atoms with E-state index in [1.54, 1.807) is 0 Å². The van der Waals surface area contributed by atoms with Gasteiger partial charge in [0.05, 0.1) is 0 Å². The van der Waals surface area contributed by atoms with E-state index in [1.165, 1.54) is 16.7 Å². The fraction of sp³-hybridized carbons (Fsp3) is 0.182. The van der Waals surface area contributed by atoms with E-state index in [-0.39, 0.29) is 0 Å². The summed E-state index contributed by atoms with van der Waals surface area (Å²) in [5.41, 5.74) is 10.2. The molecule has 13 heavy (non-hydrogen) atoms. The molecular formula is C11H12N2. The predicted molar refractivity (Wildman–Crippen MR) is 56.7 cm³/mol. The summed E-state index contributed by atoms with van der Waals surface area (Å²) in [5.74, 6) is 0. The Hall–Kier alpha value is -1.57. The molecule has 0 amide bonds. The highest BCUT2D eigenvalue weighted by Gasteiger charge is 2.06. The second-order valence-electron chi connectivity index (χ2n) is 3.26. The van der Waals surface area contributed by atoms with Gasteiger partial charge in [-0.1, -0.05) is 6.07 Å². The molecule has 0 atom stereocenters. The predicted octanol–water partition coefficient (Wildman–Crippen LogP) is 2.39. The number of nitrogens with zero attached hydrogens (tertiary/aromatic N) is 1. The lowest BCUT2D eigenvalue weighted by Crippen LogP contribution is -1.91. The maximum atomic E-state index is 5.68. The number of nitrogens with two attached hydrogens (primary N) is 1. The molecule has 2 nitrogen and oxygen atoms in total. The molecule has 0 aliphatic carbocycles. The topological polar surface area (TPSA) is 38.4 Å². The van der Waals surface area contributed by atoms with Gasteiger partial charge in [0.1, 0.15) is 0 Å². The molecular weight excluding hydrogens is 160 g/mol. The lowest BCUT2D eigenvalue weighted by atomic mass is 10.00. The second kappa shape index (κ2) is 3.05. The summed E-state index contributed by atoms with van der Waals surface area (Å²) in [6, 6.07) is 5.99. The average Bonchev–Trinajstić information content (AvgIpc) is 2.56. The molecule has 66 valence electrons. The summed E-state index contributed by atoms with van der Waals surface area (Å²) in [5, 5.41) is 0. The van der Waals surface area contributed by atoms with Gasteiger partial charge in [-0.05, 0) is 35.8 Å². The van der Waals surface area contributed by atoms with Crippen LogP contribution in [0.2, 0.25) is 0 Å². The van der Waals surface area contributed by atoms with Crippen LogP contribution in [0.5, 0.6) is 0 Å². The number of allylic oxidation sites excluding steroid dienone is 1. The van der Waals surface area contributed by atoms with Gasteiger partial charge in [0.2, 0.25) is 0 Å². The Labute approximate surface area is 77.8 Å². The summed E-state index contributed by atoms with van der Waals surface area (Å²) in [6.07, 6.45) is 4.77. The first-order chi connectivity index (χ1) is 6.27. The van der Waals surface area contributed by atoms with E-state index < -0.39 is 0 Å². The Morgan fingerprint density at radius 2 is 2.23 bits per heavy atom. The molecule has 1 aromatic rings. The minimum absolute atomic E-state index is 0.820. The van der Waals surface area contributed by atoms with Gasteiger partial charge >= 0.3 is 0 Å². The SMILES string of the molecule is Cc1cc(N)ccc1C1=CN=CC1. The second-order valence-corrected chi connectivity index (χ2v) is 3.26. The lowest BCUT2D eigenvalue weighted by molar-refractivity contribution is 1.39. The first kappa shape index (κ1) is 8.05. The van der Waals surface area contributed by atoms with E-state index in [2.05, 4.69) is 18.0 Å². The van der Waals surface area contributed by atoms with Crippen LogP contribution >= 0.6 is 0 Å². The standard InChI is InChI=1S/C11H12N2/c1-8-6-10(12)2-3-11(8)9-4-5-13-7-9/h2-3,5-7H,4,12H2,1H3. The zero-order valence-electron chi connectivity index (χ0n) is 7.62. The fourth-order valence-corrected chi connectivity index (χ4v) is 1.57. The minimum Gasteiger partial charge on any atom is -0.399 e. The van der Waals surface area contributed by atoms with E-state index >= 15 is 0 Å². The van der Waals surface area contributed by atoms with Crippen LogP contribution in [0.15, 0.2) is 29.4 Å². The maximum Gasteiger partial charge on any atom is 0.0317 e. The van der Waals surface area contributed by atoms with Crippen molar-refractivity contribution < 1.29 is 0 Å². The normalized spacial score (nSPS) is 14.7. The first-order valence-electron chi connectivity index (χ1n) is 4.34. The lowest BCUT2D eigenvalue weighted by Gasteiger charge is -2.06. The van der Waals surface area contributed by atoms with Gasteiger partial charge in [-0.25, -0.2) is 0 Å². The molecule has 0 radical (unpaired) electrons. The molecule has 0 saturated heterocycles. The van der Waals surface area contributed by atoms with Gasteiger partial charge in [-0.2, -0.15) is 0 Å². The third-order valence-electron chi connectivity index (χ3n) is 2.24. The van der Waals surface area contributed by atoms with E-state index in [0.29, 0.717) is 0 Å². The smallest absolute Gasteiger partial charge is 0.0317 e. The van der Waals surface area contributed by atoms with E-state index in [1.807, 2.05) is 24.5 Å². The number of nitrogen functional groups attached to an aromatic ring is 1. The molecule has 1 aliphatic rings. The van der Waals surface area contributed by atoms with Crippen molar-refractivity contribution in [2.45, 2.75) is 13.3 Å². The Morgan fingerprint density at radius 3 is 2.85 bits per heavy atom. The minimum atomic E-state index is 0.820. The number of anilines is 1. The largest absolute Gasteiger partial charge is 0.399 e. The molecule has 0 unspecified atom stereocenters. The van der Waals surface area contributed by atoms with Crippen LogP contribution in [0, 0.1) is 6.92 Å². The van der Waals surface area contributed by atoms with Crippen molar-refractivity contribution in [3.63, 3.8) is 0 Å². The molecule has 2 N–H and O–H groups in total. The Kier molecular flexibility index (Phi) is 1.89. The van der Waals surface area contributed by atoms with Crippen molar-refractivity contribution >= 4 is 17.5 Å². The number of aryl methyl sites for hydroxylation is 1. The summed E-state index contributed by atoms with van der Waals surface area (Å²) >= 11 is 0. The van der Waals surface area contributed by atoms with Gasteiger partial charge in [-0.3, -0.25) is 4.99 Å². The van der Waals surface area contributed by atoms with Crippen LogP contribution in [-0.2, 0) is 0 Å². The van der Waals surface area contributed by atoms with Gasteiger partial charge in [0, 0.05) is 24.5 Å². The third-order valence-corrected chi connectivity index (χ3v) is 2.24. The van der Waals surface area contributed by atoms with Crippen LogP contribution in [0.4, 0.5) is 5.69 Å². The summed E-state index contributed by atoms with van der Waals surface area (Å²) in [6.45, 7) is 2.07. The molecule has 1 aromatic carbocycles. The molecule has 0 bridgehead atoms. The van der Waals surface area contributed by atoms with Crippen LogP contribution in [0.25, 0.3) is 5.57 Å². The fourth-order valence-electron chi connectivity index (χ4n) is 1.57. The van der Waals surface area contributed by atoms with Gasteiger partial charge < -0.3 is 5.73 Å². The number of rotatable bonds is 1. The molecule has 0 spiro atoms. The Bertz CT molecular complexity index is 389. The van der Waals surface area contributed by atoms with Crippen LogP contribution < -0.4 is 5.73 Å². The quantitative estimate of drug-likeness (QED) is 0.649. The molecule has 1 aliphatic heterocycles. The number of hydrogen-bond acceptors (Lipinski definition) is 2. The van der Waals surface area contributed by atoms with Gasteiger partial charge in [-0.15, -0.1) is 0 Å². The van der Waals surface area contributed by atoms with Crippen molar-refractivity contribution in [1.82, 2.24) is 0 Å². The highest BCUT2D eigenvalue weighted by atomic mass is 14.7. The zero-order chi connectivity index (χ0) is 9.26. The van der Waals surface area contributed by atoms with E-state index in [9.17, 15) is 0 Å². The molecule has 0 fully saturated rings. The third kappa shape index (κ3) is 1.47. The van der Waals surface area contributed by atoms with Crippen molar-refractivity contribution in [3.05, 3.63) is 35.5 Å². The van der Waals surface area contributed by atoms with Crippen molar-refractivity contribution in [3.8, 4) is 0 Å². The first-order valence-corrected chi connectivity index (χ1v) is 4.34. The summed E-state index contributed by atoms with van der Waals surface area (Å²) in [4.78, 5) is 4.09. The summed E-state index contributed by atoms with van der Waals surface area (Å²) in [7, 11) is 0. The average molecular weight is 172 g/mol. The van der Waals surface area contributed by atoms with Crippen LogP contribution in [0.3, 0.4) is 0 Å². The molecule has 0 aromatic heterocycles. The Balaban J connectivity index is 2.41. The number of hydrogen-bond donors (Lipinski definition) is 1. The van der Waals surface area contributed by atoms with Crippen molar-refractivity contribution in [2.24, 2.45) is 4.99 Å².